The molecule has 7 nitrogen and oxygen atoms in total. The van der Waals surface area contributed by atoms with E-state index in [-0.39, 0.29) is 18.0 Å². The molecule has 0 spiro atoms. The van der Waals surface area contributed by atoms with E-state index in [2.05, 4.69) is 30.9 Å². The molecule has 1 aliphatic carbocycles. The van der Waals surface area contributed by atoms with Crippen LogP contribution in [0.15, 0.2) is 12.3 Å². The smallest absolute Gasteiger partial charge is 0.223 e. The molecule has 3 rings (SSSR count). The highest BCUT2D eigenvalue weighted by Gasteiger charge is 2.22. The second-order valence-corrected chi connectivity index (χ2v) is 7.92. The average molecular weight is 391 g/mol. The molecular weight excluding hydrogens is 364 g/mol. The molecule has 1 fully saturated rings. The summed E-state index contributed by atoms with van der Waals surface area (Å²) in [5, 5.41) is 11.0. The zero-order valence-electron chi connectivity index (χ0n) is 16.1. The largest absolute Gasteiger partial charge is 0.366 e. The lowest BCUT2D eigenvalue weighted by Crippen LogP contribution is -2.38. The van der Waals surface area contributed by atoms with Crippen molar-refractivity contribution >= 4 is 40.2 Å². The van der Waals surface area contributed by atoms with Crippen molar-refractivity contribution in [3.8, 4) is 0 Å². The number of amides is 1. The molecule has 3 N–H and O–H groups in total. The summed E-state index contributed by atoms with van der Waals surface area (Å²) >= 11 is 6.11. The number of rotatable bonds is 6. The SMILES string of the molecule is CC(=O)N[C@@H]1CCCC(CNc2ncc3cc(Cl)nc(NC(C)C)c3n2)C1. The maximum atomic E-state index is 11.3. The second-order valence-electron chi connectivity index (χ2n) is 7.54. The Bertz CT molecular complexity index is 812. The van der Waals surface area contributed by atoms with E-state index < -0.39 is 0 Å². The Kier molecular flexibility index (Phi) is 6.31. The van der Waals surface area contributed by atoms with Gasteiger partial charge in [-0.1, -0.05) is 18.0 Å². The highest BCUT2D eigenvalue weighted by molar-refractivity contribution is 6.30. The van der Waals surface area contributed by atoms with Crippen LogP contribution in [-0.2, 0) is 4.79 Å². The average Bonchev–Trinajstić information content (AvgIpc) is 2.59. The Balaban J connectivity index is 1.70. The fourth-order valence-corrected chi connectivity index (χ4v) is 3.80. The summed E-state index contributed by atoms with van der Waals surface area (Å²) in [5.74, 6) is 1.79. The van der Waals surface area contributed by atoms with Gasteiger partial charge in [0.25, 0.3) is 0 Å². The highest BCUT2D eigenvalue weighted by atomic mass is 35.5. The fraction of sp³-hybridized carbons (Fsp3) is 0.579. The summed E-state index contributed by atoms with van der Waals surface area (Å²) in [6.07, 6.45) is 6.08. The van der Waals surface area contributed by atoms with Crippen molar-refractivity contribution in [3.05, 3.63) is 17.4 Å². The van der Waals surface area contributed by atoms with Crippen molar-refractivity contribution in [2.24, 2.45) is 5.92 Å². The number of hydrogen-bond donors (Lipinski definition) is 3. The predicted molar refractivity (Wildman–Crippen MR) is 109 cm³/mol. The van der Waals surface area contributed by atoms with Crippen molar-refractivity contribution in [3.63, 3.8) is 0 Å². The molecule has 2 aromatic heterocycles. The number of carbonyl (C=O) groups is 1. The molecule has 1 aliphatic rings. The van der Waals surface area contributed by atoms with Crippen molar-refractivity contribution in [2.45, 2.75) is 58.5 Å². The molecule has 1 unspecified atom stereocenters. The Morgan fingerprint density at radius 1 is 1.33 bits per heavy atom. The van der Waals surface area contributed by atoms with E-state index in [9.17, 15) is 4.79 Å². The molecule has 1 amide bonds. The number of pyridine rings is 1. The fourth-order valence-electron chi connectivity index (χ4n) is 3.60. The third-order valence-corrected chi connectivity index (χ3v) is 4.89. The Labute approximate surface area is 164 Å². The number of anilines is 2. The minimum atomic E-state index is 0.0443. The number of nitrogens with zero attached hydrogens (tertiary/aromatic N) is 3. The van der Waals surface area contributed by atoms with Crippen LogP contribution in [0, 0.1) is 5.92 Å². The number of fused-ring (bicyclic) bond motifs is 1. The van der Waals surface area contributed by atoms with Crippen LogP contribution in [0.1, 0.15) is 46.5 Å². The third kappa shape index (κ3) is 5.42. The standard InChI is InChI=1S/C19H27ClN6O/c1-11(2)23-18-17-14(8-16(20)25-18)10-22-19(26-17)21-9-13-5-4-6-15(7-13)24-12(3)27/h8,10-11,13,15H,4-7,9H2,1-3H3,(H,23,25)(H,24,27)(H,21,22,26)/t13?,15-/m1/s1. The monoisotopic (exact) mass is 390 g/mol. The Morgan fingerprint density at radius 3 is 2.89 bits per heavy atom. The van der Waals surface area contributed by atoms with E-state index >= 15 is 0 Å². The molecule has 1 saturated carbocycles. The third-order valence-electron chi connectivity index (χ3n) is 4.70. The minimum absolute atomic E-state index is 0.0443. The Morgan fingerprint density at radius 2 is 2.15 bits per heavy atom. The van der Waals surface area contributed by atoms with Crippen molar-refractivity contribution < 1.29 is 4.79 Å². The van der Waals surface area contributed by atoms with E-state index in [1.165, 1.54) is 0 Å². The summed E-state index contributed by atoms with van der Waals surface area (Å²) < 4.78 is 0. The van der Waals surface area contributed by atoms with Crippen LogP contribution < -0.4 is 16.0 Å². The van der Waals surface area contributed by atoms with Gasteiger partial charge in [-0.2, -0.15) is 0 Å². The van der Waals surface area contributed by atoms with Crippen molar-refractivity contribution in [1.29, 1.82) is 0 Å². The highest BCUT2D eigenvalue weighted by Crippen LogP contribution is 2.26. The summed E-state index contributed by atoms with van der Waals surface area (Å²) in [6, 6.07) is 2.26. The zero-order valence-corrected chi connectivity index (χ0v) is 16.8. The molecule has 0 bridgehead atoms. The molecule has 2 aromatic rings. The summed E-state index contributed by atoms with van der Waals surface area (Å²) in [4.78, 5) is 24.7. The van der Waals surface area contributed by atoms with Crippen molar-refractivity contribution in [2.75, 3.05) is 17.2 Å². The number of aromatic nitrogens is 3. The summed E-state index contributed by atoms with van der Waals surface area (Å²) in [6.45, 7) is 6.45. The Hall–Kier alpha value is -2.15. The van der Waals surface area contributed by atoms with Gasteiger partial charge in [-0.05, 0) is 45.1 Å². The lowest BCUT2D eigenvalue weighted by molar-refractivity contribution is -0.119. The molecule has 8 heteroatoms. The summed E-state index contributed by atoms with van der Waals surface area (Å²) in [5.41, 5.74) is 0.755. The molecule has 0 saturated heterocycles. The van der Waals surface area contributed by atoms with E-state index in [0.717, 1.165) is 43.1 Å². The first-order valence-corrected chi connectivity index (χ1v) is 9.89. The molecule has 0 aromatic carbocycles. The van der Waals surface area contributed by atoms with Crippen LogP contribution in [0.3, 0.4) is 0 Å². The van der Waals surface area contributed by atoms with Crippen LogP contribution in [-0.4, -0.2) is 39.5 Å². The van der Waals surface area contributed by atoms with Crippen LogP contribution >= 0.6 is 11.6 Å². The van der Waals surface area contributed by atoms with E-state index in [1.807, 2.05) is 13.8 Å². The maximum Gasteiger partial charge on any atom is 0.223 e. The van der Waals surface area contributed by atoms with Gasteiger partial charge in [0, 0.05) is 37.1 Å². The summed E-state index contributed by atoms with van der Waals surface area (Å²) in [7, 11) is 0. The normalized spacial score (nSPS) is 19.9. The molecule has 2 atom stereocenters. The maximum absolute atomic E-state index is 11.3. The molecule has 27 heavy (non-hydrogen) atoms. The molecule has 2 heterocycles. The minimum Gasteiger partial charge on any atom is -0.366 e. The van der Waals surface area contributed by atoms with Gasteiger partial charge in [-0.3, -0.25) is 4.79 Å². The van der Waals surface area contributed by atoms with E-state index in [1.54, 1.807) is 19.2 Å². The molecule has 0 radical (unpaired) electrons. The zero-order chi connectivity index (χ0) is 19.4. The topological polar surface area (TPSA) is 91.8 Å². The lowest BCUT2D eigenvalue weighted by Gasteiger charge is -2.29. The second kappa shape index (κ2) is 8.69. The molecule has 0 aliphatic heterocycles. The van der Waals surface area contributed by atoms with Crippen LogP contribution in [0.4, 0.5) is 11.8 Å². The molecular formula is C19H27ClN6O. The van der Waals surface area contributed by atoms with E-state index in [4.69, 9.17) is 11.6 Å². The van der Waals surface area contributed by atoms with Crippen molar-refractivity contribution in [1.82, 2.24) is 20.3 Å². The van der Waals surface area contributed by atoms with Gasteiger partial charge >= 0.3 is 0 Å². The van der Waals surface area contributed by atoms with Gasteiger partial charge in [-0.15, -0.1) is 0 Å². The van der Waals surface area contributed by atoms with Crippen LogP contribution in [0.5, 0.6) is 0 Å². The number of carbonyl (C=O) groups excluding carboxylic acids is 1. The van der Waals surface area contributed by atoms with Gasteiger partial charge in [0.05, 0.1) is 0 Å². The first-order chi connectivity index (χ1) is 12.9. The predicted octanol–water partition coefficient (Wildman–Crippen LogP) is 3.61. The first-order valence-electron chi connectivity index (χ1n) is 9.51. The number of hydrogen-bond acceptors (Lipinski definition) is 6. The lowest BCUT2D eigenvalue weighted by atomic mass is 9.85. The quantitative estimate of drug-likeness (QED) is 0.652. The van der Waals surface area contributed by atoms with Gasteiger partial charge in [-0.25, -0.2) is 15.0 Å². The molecule has 146 valence electrons. The number of nitrogens with one attached hydrogen (secondary N) is 3. The van der Waals surface area contributed by atoms with Crippen LogP contribution in [0.25, 0.3) is 10.9 Å². The number of halogens is 1. The van der Waals surface area contributed by atoms with Gasteiger partial charge in [0.1, 0.15) is 10.7 Å². The van der Waals surface area contributed by atoms with E-state index in [0.29, 0.717) is 22.8 Å². The van der Waals surface area contributed by atoms with Gasteiger partial charge < -0.3 is 16.0 Å². The first kappa shape index (κ1) is 19.6. The van der Waals surface area contributed by atoms with Crippen LogP contribution in [0.2, 0.25) is 5.15 Å². The van der Waals surface area contributed by atoms with Gasteiger partial charge in [0.15, 0.2) is 5.82 Å². The van der Waals surface area contributed by atoms with Gasteiger partial charge in [0.2, 0.25) is 11.9 Å².